The lowest BCUT2D eigenvalue weighted by Crippen LogP contribution is -2.25. The molecule has 0 amide bonds. The summed E-state index contributed by atoms with van der Waals surface area (Å²) in [4.78, 5) is 29.7. The van der Waals surface area contributed by atoms with Crippen LogP contribution in [0.1, 0.15) is 63.3 Å². The standard InChI is InChI=1S/C26H27BrIN3O5/c1-3-35-22-12-16(11-20(28)23(22)36-15(2)26(33)34)14-29-31-24(17-7-5-4-6-8-17)30-21-10-9-18(27)13-19(21)25(31)32/h9-15,17H,3-8H2,1-2H3,(H,33,34)/t15-/m0/s1. The minimum absolute atomic E-state index is 0.170. The highest BCUT2D eigenvalue weighted by Gasteiger charge is 2.23. The van der Waals surface area contributed by atoms with Crippen molar-refractivity contribution in [3.05, 3.63) is 60.1 Å². The second-order valence-corrected chi connectivity index (χ2v) is 10.8. The maximum absolute atomic E-state index is 13.5. The van der Waals surface area contributed by atoms with Crippen LogP contribution in [0.2, 0.25) is 0 Å². The largest absolute Gasteiger partial charge is 0.490 e. The smallest absolute Gasteiger partial charge is 0.344 e. The molecule has 1 saturated carbocycles. The summed E-state index contributed by atoms with van der Waals surface area (Å²) in [5, 5.41) is 14.3. The van der Waals surface area contributed by atoms with Crippen LogP contribution in [0, 0.1) is 3.57 Å². The Morgan fingerprint density at radius 3 is 2.75 bits per heavy atom. The molecule has 0 saturated heterocycles. The van der Waals surface area contributed by atoms with Crippen molar-refractivity contribution in [1.82, 2.24) is 9.66 Å². The van der Waals surface area contributed by atoms with Gasteiger partial charge in [-0.05, 0) is 85.2 Å². The molecule has 8 nitrogen and oxygen atoms in total. The van der Waals surface area contributed by atoms with Crippen LogP contribution in [0.3, 0.4) is 0 Å². The molecule has 10 heteroatoms. The number of aliphatic carboxylic acids is 1. The molecule has 0 spiro atoms. The summed E-state index contributed by atoms with van der Waals surface area (Å²) in [5.41, 5.74) is 1.14. The molecule has 1 aromatic heterocycles. The number of carbonyl (C=O) groups is 1. The Kier molecular flexibility index (Phi) is 8.66. The lowest BCUT2D eigenvalue weighted by molar-refractivity contribution is -0.144. The van der Waals surface area contributed by atoms with E-state index in [4.69, 9.17) is 14.5 Å². The summed E-state index contributed by atoms with van der Waals surface area (Å²) in [7, 11) is 0. The van der Waals surface area contributed by atoms with Crippen molar-refractivity contribution in [3.63, 3.8) is 0 Å². The highest BCUT2D eigenvalue weighted by molar-refractivity contribution is 14.1. The summed E-state index contributed by atoms with van der Waals surface area (Å²) in [6.45, 7) is 3.68. The van der Waals surface area contributed by atoms with Gasteiger partial charge in [0.05, 0.1) is 27.3 Å². The van der Waals surface area contributed by atoms with E-state index >= 15 is 0 Å². The van der Waals surface area contributed by atoms with Crippen molar-refractivity contribution in [1.29, 1.82) is 0 Å². The lowest BCUT2D eigenvalue weighted by atomic mass is 9.88. The van der Waals surface area contributed by atoms with Crippen LogP contribution in [0.15, 0.2) is 44.7 Å². The van der Waals surface area contributed by atoms with Gasteiger partial charge in [0.2, 0.25) is 0 Å². The van der Waals surface area contributed by atoms with E-state index in [1.165, 1.54) is 18.0 Å². The maximum Gasteiger partial charge on any atom is 0.344 e. The molecule has 0 bridgehead atoms. The van der Waals surface area contributed by atoms with Gasteiger partial charge in [-0.3, -0.25) is 4.79 Å². The zero-order chi connectivity index (χ0) is 25.8. The van der Waals surface area contributed by atoms with Crippen LogP contribution in [-0.2, 0) is 4.79 Å². The van der Waals surface area contributed by atoms with Gasteiger partial charge in [-0.15, -0.1) is 0 Å². The molecule has 4 rings (SSSR count). The van der Waals surface area contributed by atoms with E-state index in [2.05, 4.69) is 43.6 Å². The molecule has 1 atom stereocenters. The maximum atomic E-state index is 13.5. The van der Waals surface area contributed by atoms with Crippen molar-refractivity contribution < 1.29 is 19.4 Å². The van der Waals surface area contributed by atoms with E-state index in [1.807, 2.05) is 25.1 Å². The number of aromatic nitrogens is 2. The average molecular weight is 668 g/mol. The second-order valence-electron chi connectivity index (χ2n) is 8.69. The van der Waals surface area contributed by atoms with Crippen molar-refractivity contribution in [2.45, 2.75) is 58.0 Å². The topological polar surface area (TPSA) is 103 Å². The van der Waals surface area contributed by atoms with Gasteiger partial charge in [0.15, 0.2) is 17.6 Å². The van der Waals surface area contributed by atoms with E-state index < -0.39 is 12.1 Å². The first-order valence-corrected chi connectivity index (χ1v) is 13.8. The molecule has 190 valence electrons. The fourth-order valence-corrected chi connectivity index (χ4v) is 5.41. The number of carboxylic acid groups (broad SMARTS) is 1. The summed E-state index contributed by atoms with van der Waals surface area (Å²) in [6.07, 6.45) is 5.93. The first-order valence-electron chi connectivity index (χ1n) is 11.9. The third kappa shape index (κ3) is 5.91. The zero-order valence-electron chi connectivity index (χ0n) is 20.0. The minimum Gasteiger partial charge on any atom is -0.490 e. The van der Waals surface area contributed by atoms with Crippen LogP contribution in [0.5, 0.6) is 11.5 Å². The molecule has 1 aliphatic carbocycles. The summed E-state index contributed by atoms with van der Waals surface area (Å²) in [6, 6.07) is 9.06. The Morgan fingerprint density at radius 2 is 2.06 bits per heavy atom. The van der Waals surface area contributed by atoms with Crippen LogP contribution in [0.4, 0.5) is 0 Å². The highest BCUT2D eigenvalue weighted by atomic mass is 127. The van der Waals surface area contributed by atoms with Crippen molar-refractivity contribution in [2.75, 3.05) is 6.61 Å². The van der Waals surface area contributed by atoms with Gasteiger partial charge in [-0.2, -0.15) is 9.78 Å². The number of carboxylic acids is 1. The van der Waals surface area contributed by atoms with Crippen molar-refractivity contribution >= 4 is 61.6 Å². The quantitative estimate of drug-likeness (QED) is 0.236. The molecule has 36 heavy (non-hydrogen) atoms. The Bertz CT molecular complexity index is 1370. The number of halogens is 2. The molecule has 2 aromatic carbocycles. The predicted octanol–water partition coefficient (Wildman–Crippen LogP) is 5.94. The number of ether oxygens (including phenoxy) is 2. The van der Waals surface area contributed by atoms with Crippen LogP contribution in [0.25, 0.3) is 10.9 Å². The van der Waals surface area contributed by atoms with Crippen molar-refractivity contribution in [3.8, 4) is 11.5 Å². The Hall–Kier alpha value is -2.47. The molecule has 0 radical (unpaired) electrons. The average Bonchev–Trinajstić information content (AvgIpc) is 2.86. The van der Waals surface area contributed by atoms with Crippen LogP contribution in [-0.4, -0.2) is 39.7 Å². The summed E-state index contributed by atoms with van der Waals surface area (Å²) < 4.78 is 14.3. The van der Waals surface area contributed by atoms with E-state index in [9.17, 15) is 14.7 Å². The van der Waals surface area contributed by atoms with Gasteiger partial charge in [-0.1, -0.05) is 35.2 Å². The number of rotatable bonds is 8. The third-order valence-corrected chi connectivity index (χ3v) is 7.39. The Balaban J connectivity index is 1.79. The summed E-state index contributed by atoms with van der Waals surface area (Å²) in [5.74, 6) is 0.565. The first kappa shape index (κ1) is 26.6. The highest BCUT2D eigenvalue weighted by Crippen LogP contribution is 2.35. The number of hydrogen-bond acceptors (Lipinski definition) is 6. The molecule has 3 aromatic rings. The zero-order valence-corrected chi connectivity index (χ0v) is 23.8. The molecule has 0 aliphatic heterocycles. The third-order valence-electron chi connectivity index (χ3n) is 6.10. The first-order chi connectivity index (χ1) is 17.3. The molecule has 1 fully saturated rings. The van der Waals surface area contributed by atoms with Gasteiger partial charge >= 0.3 is 5.97 Å². The van der Waals surface area contributed by atoms with Gasteiger partial charge in [0, 0.05) is 10.4 Å². The monoisotopic (exact) mass is 667 g/mol. The Labute approximate surface area is 231 Å². The van der Waals surface area contributed by atoms with Gasteiger partial charge < -0.3 is 14.6 Å². The van der Waals surface area contributed by atoms with Crippen LogP contribution >= 0.6 is 38.5 Å². The van der Waals surface area contributed by atoms with Gasteiger partial charge in [0.1, 0.15) is 5.82 Å². The molecule has 1 N–H and O–H groups in total. The SMILES string of the molecule is CCOc1cc(C=Nn2c(C3CCCCC3)nc3ccc(Br)cc3c2=O)cc(I)c1O[C@@H](C)C(=O)O. The number of hydrogen-bond donors (Lipinski definition) is 1. The molecule has 1 aliphatic rings. The molecule has 0 unspecified atom stereocenters. The van der Waals surface area contributed by atoms with E-state index in [0.29, 0.717) is 44.0 Å². The number of fused-ring (bicyclic) bond motifs is 1. The second kappa shape index (κ2) is 11.7. The Morgan fingerprint density at radius 1 is 1.31 bits per heavy atom. The van der Waals surface area contributed by atoms with E-state index in [0.717, 1.165) is 30.2 Å². The molecular weight excluding hydrogens is 641 g/mol. The summed E-state index contributed by atoms with van der Waals surface area (Å²) >= 11 is 5.53. The molecule has 1 heterocycles. The van der Waals surface area contributed by atoms with Gasteiger partial charge in [-0.25, -0.2) is 9.78 Å². The number of benzene rings is 2. The molecular formula is C26H27BrIN3O5. The van der Waals surface area contributed by atoms with Gasteiger partial charge in [0.25, 0.3) is 5.56 Å². The minimum atomic E-state index is -1.07. The van der Waals surface area contributed by atoms with E-state index in [-0.39, 0.29) is 11.5 Å². The lowest BCUT2D eigenvalue weighted by Gasteiger charge is -2.22. The fourth-order valence-electron chi connectivity index (χ4n) is 4.29. The normalized spacial score (nSPS) is 15.3. The van der Waals surface area contributed by atoms with Crippen LogP contribution < -0.4 is 15.0 Å². The van der Waals surface area contributed by atoms with Crippen molar-refractivity contribution in [2.24, 2.45) is 5.10 Å². The predicted molar refractivity (Wildman–Crippen MR) is 151 cm³/mol. The number of nitrogens with zero attached hydrogens (tertiary/aromatic N) is 3. The fraction of sp³-hybridized carbons (Fsp3) is 0.385. The van der Waals surface area contributed by atoms with E-state index in [1.54, 1.807) is 18.3 Å².